The molecule has 0 radical (unpaired) electrons. The number of piperazine rings is 1. The molecule has 118 valence electrons. The van der Waals surface area contributed by atoms with Crippen molar-refractivity contribution < 1.29 is 13.2 Å². The molecule has 0 aliphatic carbocycles. The third-order valence-corrected chi connectivity index (χ3v) is 4.82. The second-order valence-corrected chi connectivity index (χ2v) is 7.07. The van der Waals surface area contributed by atoms with E-state index in [9.17, 15) is 13.2 Å². The van der Waals surface area contributed by atoms with Crippen LogP contribution in [0.1, 0.15) is 5.56 Å². The van der Waals surface area contributed by atoms with Gasteiger partial charge in [0.15, 0.2) is 0 Å². The Bertz CT molecular complexity index is 671. The van der Waals surface area contributed by atoms with Gasteiger partial charge in [0, 0.05) is 31.9 Å². The number of amides is 1. The number of hydrogen-bond donors (Lipinski definition) is 1. The van der Waals surface area contributed by atoms with Crippen LogP contribution in [-0.4, -0.2) is 62.5 Å². The van der Waals surface area contributed by atoms with Crippen LogP contribution in [0.5, 0.6) is 0 Å². The van der Waals surface area contributed by atoms with E-state index in [0.29, 0.717) is 31.7 Å². The fraction of sp³-hybridized carbons (Fsp3) is 0.429. The first-order valence-electron chi connectivity index (χ1n) is 6.87. The van der Waals surface area contributed by atoms with Crippen LogP contribution in [0.3, 0.4) is 0 Å². The Hall–Kier alpha value is -2.11. The van der Waals surface area contributed by atoms with Crippen molar-refractivity contribution in [3.8, 4) is 6.07 Å². The average molecular weight is 322 g/mol. The Balaban J connectivity index is 1.82. The summed E-state index contributed by atoms with van der Waals surface area (Å²) in [6.07, 6.45) is 1.18. The zero-order chi connectivity index (χ0) is 16.2. The van der Waals surface area contributed by atoms with Gasteiger partial charge in [-0.3, -0.25) is 4.79 Å². The molecule has 1 aliphatic heterocycles. The van der Waals surface area contributed by atoms with Crippen molar-refractivity contribution in [2.75, 3.05) is 44.3 Å². The highest BCUT2D eigenvalue weighted by atomic mass is 32.2. The van der Waals surface area contributed by atoms with Crippen LogP contribution in [0.25, 0.3) is 0 Å². The van der Waals surface area contributed by atoms with Crippen molar-refractivity contribution in [1.82, 2.24) is 9.21 Å². The maximum atomic E-state index is 12.1. The lowest BCUT2D eigenvalue weighted by Crippen LogP contribution is -2.51. The highest BCUT2D eigenvalue weighted by Gasteiger charge is 2.25. The lowest BCUT2D eigenvalue weighted by atomic mass is 10.2. The van der Waals surface area contributed by atoms with Crippen LogP contribution in [0, 0.1) is 11.3 Å². The summed E-state index contributed by atoms with van der Waals surface area (Å²) in [5.41, 5.74) is 1.33. The normalized spacial score (nSPS) is 16.1. The quantitative estimate of drug-likeness (QED) is 0.847. The number of nitrogens with one attached hydrogen (secondary N) is 1. The second-order valence-electron chi connectivity index (χ2n) is 5.09. The van der Waals surface area contributed by atoms with E-state index in [-0.39, 0.29) is 12.5 Å². The number of carbonyl (C=O) groups is 1. The first-order chi connectivity index (χ1) is 10.4. The van der Waals surface area contributed by atoms with Crippen LogP contribution in [0.15, 0.2) is 24.3 Å². The standard InChI is InChI=1S/C14H18N4O3S/c1-22(20,21)18-8-6-17(7-9-18)14(19)11-16-13-4-2-12(10-15)3-5-13/h2-5,16H,6-9,11H2,1H3. The van der Waals surface area contributed by atoms with E-state index in [1.807, 2.05) is 6.07 Å². The van der Waals surface area contributed by atoms with Crippen molar-refractivity contribution in [2.45, 2.75) is 0 Å². The molecule has 7 nitrogen and oxygen atoms in total. The third-order valence-electron chi connectivity index (χ3n) is 3.52. The van der Waals surface area contributed by atoms with Crippen molar-refractivity contribution >= 4 is 21.6 Å². The Morgan fingerprint density at radius 1 is 1.23 bits per heavy atom. The molecule has 1 heterocycles. The third kappa shape index (κ3) is 4.19. The van der Waals surface area contributed by atoms with Gasteiger partial charge in [-0.25, -0.2) is 8.42 Å². The monoisotopic (exact) mass is 322 g/mol. The largest absolute Gasteiger partial charge is 0.376 e. The van der Waals surface area contributed by atoms with E-state index in [1.165, 1.54) is 10.6 Å². The number of rotatable bonds is 4. The van der Waals surface area contributed by atoms with E-state index in [4.69, 9.17) is 5.26 Å². The number of sulfonamides is 1. The van der Waals surface area contributed by atoms with Crippen molar-refractivity contribution in [2.24, 2.45) is 0 Å². The first kappa shape index (κ1) is 16.3. The van der Waals surface area contributed by atoms with E-state index < -0.39 is 10.0 Å². The molecule has 0 bridgehead atoms. The predicted octanol–water partition coefficient (Wildman–Crippen LogP) is 0.0740. The summed E-state index contributed by atoms with van der Waals surface area (Å²) >= 11 is 0. The van der Waals surface area contributed by atoms with Crippen molar-refractivity contribution in [3.63, 3.8) is 0 Å². The van der Waals surface area contributed by atoms with E-state index >= 15 is 0 Å². The molecule has 1 fully saturated rings. The molecular weight excluding hydrogens is 304 g/mol. The molecule has 0 saturated carbocycles. The molecule has 22 heavy (non-hydrogen) atoms. The minimum atomic E-state index is -3.18. The van der Waals surface area contributed by atoms with Crippen LogP contribution >= 0.6 is 0 Å². The maximum Gasteiger partial charge on any atom is 0.241 e. The number of nitriles is 1. The smallest absolute Gasteiger partial charge is 0.241 e. The topological polar surface area (TPSA) is 93.5 Å². The van der Waals surface area contributed by atoms with Gasteiger partial charge in [0.2, 0.25) is 15.9 Å². The fourth-order valence-corrected chi connectivity index (χ4v) is 3.05. The van der Waals surface area contributed by atoms with Gasteiger partial charge < -0.3 is 10.2 Å². The van der Waals surface area contributed by atoms with Crippen LogP contribution in [0.4, 0.5) is 5.69 Å². The second kappa shape index (κ2) is 6.77. The Morgan fingerprint density at radius 2 is 1.82 bits per heavy atom. The molecule has 1 aromatic carbocycles. The lowest BCUT2D eigenvalue weighted by molar-refractivity contribution is -0.130. The fourth-order valence-electron chi connectivity index (χ4n) is 2.22. The minimum Gasteiger partial charge on any atom is -0.376 e. The number of hydrogen-bond acceptors (Lipinski definition) is 5. The highest BCUT2D eigenvalue weighted by molar-refractivity contribution is 7.88. The van der Waals surface area contributed by atoms with Crippen LogP contribution in [-0.2, 0) is 14.8 Å². The average Bonchev–Trinajstić information content (AvgIpc) is 2.52. The highest BCUT2D eigenvalue weighted by Crippen LogP contribution is 2.10. The molecule has 1 saturated heterocycles. The van der Waals surface area contributed by atoms with Gasteiger partial charge in [-0.1, -0.05) is 0 Å². The molecule has 0 atom stereocenters. The Kier molecular flexibility index (Phi) is 5.00. The molecule has 0 aromatic heterocycles. The Morgan fingerprint density at radius 3 is 2.32 bits per heavy atom. The van der Waals surface area contributed by atoms with Gasteiger partial charge in [0.25, 0.3) is 0 Å². The number of anilines is 1. The summed E-state index contributed by atoms with van der Waals surface area (Å²) in [7, 11) is -3.18. The van der Waals surface area contributed by atoms with Gasteiger partial charge in [-0.2, -0.15) is 9.57 Å². The van der Waals surface area contributed by atoms with Gasteiger partial charge in [-0.15, -0.1) is 0 Å². The van der Waals surface area contributed by atoms with Crippen LogP contribution < -0.4 is 5.32 Å². The minimum absolute atomic E-state index is 0.0717. The molecule has 1 amide bonds. The molecule has 0 spiro atoms. The van der Waals surface area contributed by atoms with Gasteiger partial charge in [0.1, 0.15) is 0 Å². The summed E-state index contributed by atoms with van der Waals surface area (Å²) < 4.78 is 24.2. The zero-order valence-corrected chi connectivity index (χ0v) is 13.1. The summed E-state index contributed by atoms with van der Waals surface area (Å²) in [5.74, 6) is -0.0717. The predicted molar refractivity (Wildman–Crippen MR) is 82.6 cm³/mol. The SMILES string of the molecule is CS(=O)(=O)N1CCN(C(=O)CNc2ccc(C#N)cc2)CC1. The summed E-state index contributed by atoms with van der Waals surface area (Å²) in [5, 5.41) is 11.7. The number of benzene rings is 1. The Labute approximate surface area is 130 Å². The van der Waals surface area contributed by atoms with Gasteiger partial charge in [-0.05, 0) is 24.3 Å². The summed E-state index contributed by atoms with van der Waals surface area (Å²) in [6, 6.07) is 8.87. The summed E-state index contributed by atoms with van der Waals surface area (Å²) in [4.78, 5) is 13.7. The van der Waals surface area contributed by atoms with Crippen LogP contribution in [0.2, 0.25) is 0 Å². The summed E-state index contributed by atoms with van der Waals surface area (Å²) in [6.45, 7) is 1.62. The molecule has 1 aliphatic rings. The maximum absolute atomic E-state index is 12.1. The van der Waals surface area contributed by atoms with Gasteiger partial charge in [0.05, 0.1) is 24.4 Å². The molecule has 8 heteroatoms. The van der Waals surface area contributed by atoms with Crippen molar-refractivity contribution in [1.29, 1.82) is 5.26 Å². The number of nitrogens with zero attached hydrogens (tertiary/aromatic N) is 3. The molecule has 2 rings (SSSR count). The lowest BCUT2D eigenvalue weighted by Gasteiger charge is -2.33. The molecule has 1 aromatic rings. The van der Waals surface area contributed by atoms with Crippen molar-refractivity contribution in [3.05, 3.63) is 29.8 Å². The zero-order valence-electron chi connectivity index (χ0n) is 12.3. The van der Waals surface area contributed by atoms with E-state index in [0.717, 1.165) is 5.69 Å². The molecular formula is C14H18N4O3S. The van der Waals surface area contributed by atoms with Gasteiger partial charge >= 0.3 is 0 Å². The molecule has 1 N–H and O–H groups in total. The number of carbonyl (C=O) groups excluding carboxylic acids is 1. The molecule has 0 unspecified atom stereocenters. The first-order valence-corrected chi connectivity index (χ1v) is 8.72. The van der Waals surface area contributed by atoms with E-state index in [1.54, 1.807) is 29.2 Å². The van der Waals surface area contributed by atoms with E-state index in [2.05, 4.69) is 5.32 Å².